The number of ketones is 1. The zero-order valence-corrected chi connectivity index (χ0v) is 9.11. The predicted octanol–water partition coefficient (Wildman–Crippen LogP) is 2.27. The first kappa shape index (κ1) is 11.9. The third-order valence-corrected chi connectivity index (χ3v) is 2.93. The average Bonchev–Trinajstić information content (AvgIpc) is 2.58. The van der Waals surface area contributed by atoms with E-state index in [1.54, 1.807) is 6.08 Å². The van der Waals surface area contributed by atoms with E-state index < -0.39 is 0 Å². The molecule has 1 aliphatic carbocycles. The van der Waals surface area contributed by atoms with E-state index in [0.29, 0.717) is 18.7 Å². The number of carbonyl (C=O) groups excluding carboxylic acids is 2. The van der Waals surface area contributed by atoms with Gasteiger partial charge in [0, 0.05) is 12.3 Å². The molecule has 0 aromatic rings. The molecule has 15 heavy (non-hydrogen) atoms. The monoisotopic (exact) mass is 207 g/mol. The molecule has 0 bridgehead atoms. The highest BCUT2D eigenvalue weighted by Crippen LogP contribution is 2.31. The van der Waals surface area contributed by atoms with Gasteiger partial charge in [0.15, 0.2) is 0 Å². The van der Waals surface area contributed by atoms with Crippen molar-refractivity contribution in [2.75, 3.05) is 6.54 Å². The smallest absolute Gasteiger partial charge is 0.234 e. The number of aliphatic imine (C=N–C) groups is 1. The minimum absolute atomic E-state index is 0.0740. The van der Waals surface area contributed by atoms with E-state index in [4.69, 9.17) is 0 Å². The maximum absolute atomic E-state index is 11.6. The van der Waals surface area contributed by atoms with Crippen LogP contribution in [0.25, 0.3) is 0 Å². The lowest BCUT2D eigenvalue weighted by Gasteiger charge is -2.13. The number of nitrogens with zero attached hydrogens (tertiary/aromatic N) is 1. The van der Waals surface area contributed by atoms with Crippen molar-refractivity contribution in [1.82, 2.24) is 0 Å². The Kier molecular flexibility index (Phi) is 4.99. The van der Waals surface area contributed by atoms with Crippen molar-refractivity contribution in [3.8, 4) is 0 Å². The van der Waals surface area contributed by atoms with Gasteiger partial charge in [-0.25, -0.2) is 9.79 Å². The van der Waals surface area contributed by atoms with Crippen LogP contribution in [0, 0.1) is 11.8 Å². The van der Waals surface area contributed by atoms with Gasteiger partial charge in [0.05, 0.1) is 6.54 Å². The molecule has 1 fully saturated rings. The molecule has 1 aliphatic rings. The van der Waals surface area contributed by atoms with E-state index in [9.17, 15) is 9.59 Å². The standard InChI is InChI=1S/C12H17NO2/c1-2-3-4-5-11-10(8-13-9-14)6-7-12(11)15/h3-4,10-11H,2,5-8H2,1H3/b4-3+. The maximum Gasteiger partial charge on any atom is 0.234 e. The van der Waals surface area contributed by atoms with Crippen molar-refractivity contribution in [3.05, 3.63) is 12.2 Å². The first-order valence-corrected chi connectivity index (χ1v) is 5.51. The molecule has 0 saturated heterocycles. The molecule has 82 valence electrons. The van der Waals surface area contributed by atoms with E-state index in [0.717, 1.165) is 19.3 Å². The molecule has 2 atom stereocenters. The fraction of sp³-hybridized carbons (Fsp3) is 0.667. The number of allylic oxidation sites excluding steroid dienone is 2. The summed E-state index contributed by atoms with van der Waals surface area (Å²) in [6, 6.07) is 0. The number of hydrogen-bond acceptors (Lipinski definition) is 3. The van der Waals surface area contributed by atoms with E-state index in [-0.39, 0.29) is 11.8 Å². The van der Waals surface area contributed by atoms with Crippen LogP contribution in [0.1, 0.15) is 32.6 Å². The fourth-order valence-corrected chi connectivity index (χ4v) is 2.08. The lowest BCUT2D eigenvalue weighted by atomic mass is 9.92. The topological polar surface area (TPSA) is 46.5 Å². The number of rotatable bonds is 5. The first-order valence-electron chi connectivity index (χ1n) is 5.51. The zero-order chi connectivity index (χ0) is 11.1. The molecule has 2 unspecified atom stereocenters. The Labute approximate surface area is 90.3 Å². The maximum atomic E-state index is 11.6. The fourth-order valence-electron chi connectivity index (χ4n) is 2.08. The zero-order valence-electron chi connectivity index (χ0n) is 9.11. The largest absolute Gasteiger partial charge is 0.299 e. The van der Waals surface area contributed by atoms with Crippen LogP contribution in [-0.2, 0) is 9.59 Å². The highest BCUT2D eigenvalue weighted by Gasteiger charge is 2.33. The van der Waals surface area contributed by atoms with Crippen LogP contribution in [0.4, 0.5) is 0 Å². The number of isocyanates is 1. The summed E-state index contributed by atoms with van der Waals surface area (Å²) in [5, 5.41) is 0. The molecular weight excluding hydrogens is 190 g/mol. The molecule has 1 rings (SSSR count). The van der Waals surface area contributed by atoms with E-state index >= 15 is 0 Å². The first-order chi connectivity index (χ1) is 7.29. The van der Waals surface area contributed by atoms with Gasteiger partial charge in [-0.15, -0.1) is 0 Å². The van der Waals surface area contributed by atoms with E-state index in [1.807, 2.05) is 0 Å². The van der Waals surface area contributed by atoms with Crippen LogP contribution in [0.3, 0.4) is 0 Å². The van der Waals surface area contributed by atoms with Gasteiger partial charge in [0.2, 0.25) is 6.08 Å². The summed E-state index contributed by atoms with van der Waals surface area (Å²) in [4.78, 5) is 25.2. The second-order valence-electron chi connectivity index (χ2n) is 3.92. The van der Waals surface area contributed by atoms with Crippen molar-refractivity contribution in [1.29, 1.82) is 0 Å². The van der Waals surface area contributed by atoms with Gasteiger partial charge in [0.25, 0.3) is 0 Å². The Morgan fingerprint density at radius 1 is 1.53 bits per heavy atom. The highest BCUT2D eigenvalue weighted by molar-refractivity contribution is 5.83. The van der Waals surface area contributed by atoms with Crippen LogP contribution < -0.4 is 0 Å². The normalized spacial score (nSPS) is 25.8. The molecule has 0 heterocycles. The quantitative estimate of drug-likeness (QED) is 0.394. The van der Waals surface area contributed by atoms with Crippen LogP contribution >= 0.6 is 0 Å². The molecular formula is C12H17NO2. The van der Waals surface area contributed by atoms with Gasteiger partial charge < -0.3 is 0 Å². The summed E-state index contributed by atoms with van der Waals surface area (Å²) in [5.41, 5.74) is 0. The van der Waals surface area contributed by atoms with Crippen molar-refractivity contribution in [2.45, 2.75) is 32.6 Å². The summed E-state index contributed by atoms with van der Waals surface area (Å²) in [6.45, 7) is 2.53. The molecule has 1 saturated carbocycles. The average molecular weight is 207 g/mol. The Hall–Kier alpha value is -1.21. The van der Waals surface area contributed by atoms with Crippen molar-refractivity contribution < 1.29 is 9.59 Å². The summed E-state index contributed by atoms with van der Waals surface area (Å²) >= 11 is 0. The number of carbonyl (C=O) groups is 1. The molecule has 0 aromatic carbocycles. The Morgan fingerprint density at radius 3 is 3.00 bits per heavy atom. The minimum atomic E-state index is 0.0740. The van der Waals surface area contributed by atoms with Gasteiger partial charge in [-0.1, -0.05) is 19.1 Å². The minimum Gasteiger partial charge on any atom is -0.299 e. The molecule has 3 nitrogen and oxygen atoms in total. The summed E-state index contributed by atoms with van der Waals surface area (Å²) in [6.07, 6.45) is 8.99. The van der Waals surface area contributed by atoms with Crippen LogP contribution in [-0.4, -0.2) is 18.4 Å². The lowest BCUT2D eigenvalue weighted by molar-refractivity contribution is -0.121. The van der Waals surface area contributed by atoms with Crippen LogP contribution in [0.5, 0.6) is 0 Å². The van der Waals surface area contributed by atoms with E-state index in [2.05, 4.69) is 24.1 Å². The molecule has 0 spiro atoms. The SMILES string of the molecule is CC/C=C/CC1C(=O)CCC1CN=C=O. The Balaban J connectivity index is 2.52. The van der Waals surface area contributed by atoms with Crippen LogP contribution in [0.15, 0.2) is 17.1 Å². The van der Waals surface area contributed by atoms with E-state index in [1.165, 1.54) is 0 Å². The molecule has 0 amide bonds. The number of Topliss-reactive ketones (excluding diaryl/α,β-unsaturated/α-hetero) is 1. The highest BCUT2D eigenvalue weighted by atomic mass is 16.1. The molecule has 0 N–H and O–H groups in total. The third kappa shape index (κ3) is 3.45. The molecule has 0 aromatic heterocycles. The third-order valence-electron chi connectivity index (χ3n) is 2.93. The molecule has 0 aliphatic heterocycles. The Morgan fingerprint density at radius 2 is 2.33 bits per heavy atom. The van der Waals surface area contributed by atoms with Gasteiger partial charge in [-0.2, -0.15) is 0 Å². The van der Waals surface area contributed by atoms with Crippen LogP contribution in [0.2, 0.25) is 0 Å². The van der Waals surface area contributed by atoms with Gasteiger partial charge >= 0.3 is 0 Å². The molecule has 3 heteroatoms. The second kappa shape index (κ2) is 6.31. The van der Waals surface area contributed by atoms with Gasteiger partial charge in [-0.05, 0) is 25.2 Å². The summed E-state index contributed by atoms with van der Waals surface area (Å²) in [7, 11) is 0. The van der Waals surface area contributed by atoms with Crippen molar-refractivity contribution in [2.24, 2.45) is 16.8 Å². The summed E-state index contributed by atoms with van der Waals surface area (Å²) in [5.74, 6) is 0.646. The lowest BCUT2D eigenvalue weighted by Crippen LogP contribution is -2.16. The second-order valence-corrected chi connectivity index (χ2v) is 3.92. The predicted molar refractivity (Wildman–Crippen MR) is 58.3 cm³/mol. The summed E-state index contributed by atoms with van der Waals surface area (Å²) < 4.78 is 0. The van der Waals surface area contributed by atoms with Gasteiger partial charge in [0.1, 0.15) is 5.78 Å². The van der Waals surface area contributed by atoms with Gasteiger partial charge in [-0.3, -0.25) is 4.79 Å². The van der Waals surface area contributed by atoms with Crippen molar-refractivity contribution >= 4 is 11.9 Å². The Bertz CT molecular complexity index is 290. The van der Waals surface area contributed by atoms with Crippen molar-refractivity contribution in [3.63, 3.8) is 0 Å². The molecule has 0 radical (unpaired) electrons. The number of hydrogen-bond donors (Lipinski definition) is 0.